The molecule has 1 saturated heterocycles. The molecule has 23 heavy (non-hydrogen) atoms. The topological polar surface area (TPSA) is 53.0 Å². The van der Waals surface area contributed by atoms with E-state index in [0.29, 0.717) is 0 Å². The van der Waals surface area contributed by atoms with Crippen molar-refractivity contribution in [3.8, 4) is 0 Å². The second kappa shape index (κ2) is 3.93. The van der Waals surface area contributed by atoms with Crippen molar-refractivity contribution in [1.29, 1.82) is 0 Å². The van der Waals surface area contributed by atoms with Gasteiger partial charge in [0, 0.05) is 11.8 Å². The molecular formula is C20H16O3. The van der Waals surface area contributed by atoms with Crippen LogP contribution in [0, 0.1) is 0 Å². The monoisotopic (exact) mass is 304 g/mol. The summed E-state index contributed by atoms with van der Waals surface area (Å²) in [4.78, 5) is 0. The van der Waals surface area contributed by atoms with Gasteiger partial charge in [-0.3, -0.25) is 0 Å². The SMILES string of the molecule is O[C@H]1[C@@H]2O[C@@H]2[C@@H]2C(=C[C@@H]3C=Cc4cccc5ccc2c3c45)[C@H]1O. The average Bonchev–Trinajstić information content (AvgIpc) is 3.37. The van der Waals surface area contributed by atoms with Crippen LogP contribution in [0.2, 0.25) is 0 Å². The van der Waals surface area contributed by atoms with Gasteiger partial charge in [-0.1, -0.05) is 48.6 Å². The van der Waals surface area contributed by atoms with Crippen LogP contribution >= 0.6 is 0 Å². The lowest BCUT2D eigenvalue weighted by molar-refractivity contribution is 0.0175. The highest BCUT2D eigenvalue weighted by Gasteiger charge is 2.59. The Morgan fingerprint density at radius 1 is 1.00 bits per heavy atom. The Bertz CT molecular complexity index is 926. The molecule has 0 radical (unpaired) electrons. The quantitative estimate of drug-likeness (QED) is 0.581. The summed E-state index contributed by atoms with van der Waals surface area (Å²) in [7, 11) is 0. The van der Waals surface area contributed by atoms with E-state index in [0.717, 1.165) is 5.57 Å². The van der Waals surface area contributed by atoms with Gasteiger partial charge in [-0.2, -0.15) is 0 Å². The highest BCUT2D eigenvalue weighted by molar-refractivity contribution is 5.97. The first-order valence-electron chi connectivity index (χ1n) is 8.21. The number of allylic oxidation sites excluding steroid dienone is 2. The molecule has 3 heteroatoms. The van der Waals surface area contributed by atoms with Gasteiger partial charge >= 0.3 is 0 Å². The second-order valence-corrected chi connectivity index (χ2v) is 7.04. The van der Waals surface area contributed by atoms with Crippen LogP contribution in [0.4, 0.5) is 0 Å². The van der Waals surface area contributed by atoms with Crippen LogP contribution in [-0.4, -0.2) is 34.6 Å². The van der Waals surface area contributed by atoms with Crippen molar-refractivity contribution in [1.82, 2.24) is 0 Å². The Balaban J connectivity index is 1.67. The number of ether oxygens (including phenoxy) is 1. The minimum absolute atomic E-state index is 0.00682. The molecule has 1 saturated carbocycles. The standard InChI is InChI=1S/C20H16O3/c21-17-13-8-11-5-4-9-2-1-3-10-6-7-12(15(11)14(9)10)16(13)19-20(23-19)18(17)22/h1-8,11,16-22H/t11-,16-,17+,18+,19+,20-/m0/s1. The normalized spacial score (nSPS) is 38.8. The van der Waals surface area contributed by atoms with Gasteiger partial charge in [0.15, 0.2) is 0 Å². The lowest BCUT2D eigenvalue weighted by atomic mass is 9.67. The number of hydrogen-bond donors (Lipinski definition) is 2. The zero-order valence-corrected chi connectivity index (χ0v) is 12.4. The molecule has 3 nitrogen and oxygen atoms in total. The van der Waals surface area contributed by atoms with Gasteiger partial charge in [0.2, 0.25) is 0 Å². The molecule has 2 aromatic rings. The Morgan fingerprint density at radius 3 is 2.83 bits per heavy atom. The number of rotatable bonds is 0. The van der Waals surface area contributed by atoms with Crippen molar-refractivity contribution >= 4 is 16.8 Å². The van der Waals surface area contributed by atoms with Gasteiger partial charge in [0.25, 0.3) is 0 Å². The predicted molar refractivity (Wildman–Crippen MR) is 87.2 cm³/mol. The second-order valence-electron chi connectivity index (χ2n) is 7.04. The third-order valence-corrected chi connectivity index (χ3v) is 5.93. The summed E-state index contributed by atoms with van der Waals surface area (Å²) >= 11 is 0. The molecular weight excluding hydrogens is 288 g/mol. The summed E-state index contributed by atoms with van der Waals surface area (Å²) in [6, 6.07) is 10.8. The molecule has 1 heterocycles. The summed E-state index contributed by atoms with van der Waals surface area (Å²) in [6.07, 6.45) is 4.68. The maximum absolute atomic E-state index is 10.5. The molecule has 0 bridgehead atoms. The van der Waals surface area contributed by atoms with E-state index >= 15 is 0 Å². The van der Waals surface area contributed by atoms with Crippen LogP contribution in [0.15, 0.2) is 48.1 Å². The number of aliphatic hydroxyl groups excluding tert-OH is 2. The number of epoxide rings is 1. The first-order valence-corrected chi connectivity index (χ1v) is 8.21. The first-order chi connectivity index (χ1) is 11.2. The molecule has 6 atom stereocenters. The zero-order valence-electron chi connectivity index (χ0n) is 12.4. The lowest BCUT2D eigenvalue weighted by Crippen LogP contribution is -2.43. The van der Waals surface area contributed by atoms with Gasteiger partial charge in [0.05, 0.1) is 6.10 Å². The molecule has 1 aliphatic heterocycles. The first kappa shape index (κ1) is 12.5. The van der Waals surface area contributed by atoms with E-state index in [2.05, 4.69) is 48.6 Å². The van der Waals surface area contributed by atoms with Crippen LogP contribution in [0.25, 0.3) is 16.8 Å². The lowest BCUT2D eigenvalue weighted by Gasteiger charge is -2.38. The van der Waals surface area contributed by atoms with Gasteiger partial charge in [-0.25, -0.2) is 0 Å². The zero-order chi connectivity index (χ0) is 15.3. The third kappa shape index (κ3) is 1.41. The fourth-order valence-corrected chi connectivity index (χ4v) is 4.86. The largest absolute Gasteiger partial charge is 0.387 e. The molecule has 0 amide bonds. The maximum atomic E-state index is 10.5. The molecule has 2 fully saturated rings. The molecule has 3 aliphatic carbocycles. The van der Waals surface area contributed by atoms with Crippen LogP contribution in [0.5, 0.6) is 0 Å². The highest BCUT2D eigenvalue weighted by atomic mass is 16.6. The summed E-state index contributed by atoms with van der Waals surface area (Å²) in [6.45, 7) is 0. The number of hydrogen-bond acceptors (Lipinski definition) is 3. The summed E-state index contributed by atoms with van der Waals surface area (Å²) in [5, 5.41) is 23.3. The van der Waals surface area contributed by atoms with Crippen LogP contribution in [-0.2, 0) is 4.74 Å². The number of aliphatic hydroxyl groups is 2. The third-order valence-electron chi connectivity index (χ3n) is 5.93. The molecule has 2 N–H and O–H groups in total. The summed E-state index contributed by atoms with van der Waals surface area (Å²) < 4.78 is 5.71. The van der Waals surface area contributed by atoms with E-state index < -0.39 is 12.2 Å². The highest BCUT2D eigenvalue weighted by Crippen LogP contribution is 2.55. The molecule has 0 unspecified atom stereocenters. The van der Waals surface area contributed by atoms with Crippen LogP contribution in [0.1, 0.15) is 28.5 Å². The van der Waals surface area contributed by atoms with Crippen molar-refractivity contribution in [2.24, 2.45) is 0 Å². The molecule has 0 aromatic heterocycles. The number of fused-ring (bicyclic) bond motifs is 4. The van der Waals surface area contributed by atoms with Crippen molar-refractivity contribution in [2.75, 3.05) is 0 Å². The van der Waals surface area contributed by atoms with Crippen molar-refractivity contribution in [2.45, 2.75) is 36.3 Å². The van der Waals surface area contributed by atoms with Gasteiger partial charge in [0.1, 0.15) is 18.3 Å². The molecule has 2 aromatic carbocycles. The van der Waals surface area contributed by atoms with Crippen molar-refractivity contribution < 1.29 is 14.9 Å². The Kier molecular flexibility index (Phi) is 2.13. The van der Waals surface area contributed by atoms with E-state index in [1.807, 2.05) is 0 Å². The van der Waals surface area contributed by atoms with Crippen molar-refractivity contribution in [3.05, 3.63) is 64.7 Å². The van der Waals surface area contributed by atoms with Crippen LogP contribution in [0.3, 0.4) is 0 Å². The molecule has 6 rings (SSSR count). The van der Waals surface area contributed by atoms with E-state index in [1.54, 1.807) is 0 Å². The summed E-state index contributed by atoms with van der Waals surface area (Å²) in [5.41, 5.74) is 4.80. The average molecular weight is 304 g/mol. The minimum atomic E-state index is -0.821. The summed E-state index contributed by atoms with van der Waals surface area (Å²) in [5.74, 6) is 0.251. The van der Waals surface area contributed by atoms with E-state index in [1.165, 1.54) is 27.5 Å². The molecule has 114 valence electrons. The van der Waals surface area contributed by atoms with Gasteiger partial charge in [-0.15, -0.1) is 0 Å². The van der Waals surface area contributed by atoms with Crippen LogP contribution < -0.4 is 0 Å². The smallest absolute Gasteiger partial charge is 0.114 e. The fraction of sp³-hybridized carbons (Fsp3) is 0.300. The number of benzene rings is 2. The fourth-order valence-electron chi connectivity index (χ4n) is 4.86. The maximum Gasteiger partial charge on any atom is 0.114 e. The van der Waals surface area contributed by atoms with Gasteiger partial charge < -0.3 is 14.9 Å². The minimum Gasteiger partial charge on any atom is -0.387 e. The molecule has 4 aliphatic rings. The Morgan fingerprint density at radius 2 is 1.91 bits per heavy atom. The molecule has 0 spiro atoms. The van der Waals surface area contributed by atoms with Crippen molar-refractivity contribution in [3.63, 3.8) is 0 Å². The van der Waals surface area contributed by atoms with Gasteiger partial charge in [-0.05, 0) is 33.0 Å². The Hall–Kier alpha value is -1.94. The van der Waals surface area contributed by atoms with E-state index in [4.69, 9.17) is 4.74 Å². The van der Waals surface area contributed by atoms with E-state index in [-0.39, 0.29) is 24.0 Å². The Labute approximate surface area is 133 Å². The predicted octanol–water partition coefficient (Wildman–Crippen LogP) is 2.48. The van der Waals surface area contributed by atoms with E-state index in [9.17, 15) is 10.2 Å².